The van der Waals surface area contributed by atoms with E-state index in [1.807, 2.05) is 14.1 Å². The fourth-order valence-corrected chi connectivity index (χ4v) is 4.44. The molecule has 32 heavy (non-hydrogen) atoms. The maximum absolute atomic E-state index is 12.3. The first-order chi connectivity index (χ1) is 15.6. The quantitative estimate of drug-likeness (QED) is 0.338. The fourth-order valence-electron chi connectivity index (χ4n) is 4.44. The Morgan fingerprint density at radius 2 is 1.91 bits per heavy atom. The lowest BCUT2D eigenvalue weighted by atomic mass is 10.1. The molecule has 0 bridgehead atoms. The molecular formula is C24H40N6O2. The first kappa shape index (κ1) is 24.5. The maximum Gasteiger partial charge on any atom is 0.239 e. The molecule has 1 atom stereocenters. The van der Waals surface area contributed by atoms with Crippen LogP contribution in [0.1, 0.15) is 30.4 Å². The fraction of sp³-hybridized carbons (Fsp3) is 0.667. The predicted octanol–water partition coefficient (Wildman–Crippen LogP) is 1.13. The largest absolute Gasteiger partial charge is 0.379 e. The summed E-state index contributed by atoms with van der Waals surface area (Å²) in [4.78, 5) is 23.2. The molecule has 2 saturated heterocycles. The third-order valence-corrected chi connectivity index (χ3v) is 6.29. The molecule has 0 saturated carbocycles. The van der Waals surface area contributed by atoms with Crippen molar-refractivity contribution in [2.24, 2.45) is 4.99 Å². The van der Waals surface area contributed by atoms with Gasteiger partial charge in [0.15, 0.2) is 5.96 Å². The molecule has 178 valence electrons. The highest BCUT2D eigenvalue weighted by molar-refractivity contribution is 5.81. The average molecular weight is 445 g/mol. The number of morpholine rings is 1. The van der Waals surface area contributed by atoms with Crippen molar-refractivity contribution >= 4 is 11.9 Å². The van der Waals surface area contributed by atoms with Gasteiger partial charge >= 0.3 is 0 Å². The number of carbonyl (C=O) groups is 1. The minimum atomic E-state index is 0.0467. The van der Waals surface area contributed by atoms with Crippen molar-refractivity contribution in [2.75, 3.05) is 67.1 Å². The molecule has 2 aliphatic heterocycles. The molecule has 3 rings (SSSR count). The number of hydrogen-bond acceptors (Lipinski definition) is 5. The van der Waals surface area contributed by atoms with Crippen molar-refractivity contribution in [3.63, 3.8) is 0 Å². The summed E-state index contributed by atoms with van der Waals surface area (Å²) in [7, 11) is 5.49. The van der Waals surface area contributed by atoms with Crippen molar-refractivity contribution in [3.8, 4) is 0 Å². The molecule has 0 radical (unpaired) electrons. The molecule has 0 aromatic heterocycles. The van der Waals surface area contributed by atoms with Crippen LogP contribution in [-0.2, 0) is 22.6 Å². The Labute approximate surface area is 193 Å². The number of likely N-dealkylation sites (N-methyl/N-ethyl adjacent to an activating group) is 1. The lowest BCUT2D eigenvalue weighted by Gasteiger charge is -2.27. The summed E-state index contributed by atoms with van der Waals surface area (Å²) in [5, 5.41) is 6.88. The highest BCUT2D eigenvalue weighted by Crippen LogP contribution is 2.18. The third-order valence-electron chi connectivity index (χ3n) is 6.29. The van der Waals surface area contributed by atoms with Crippen LogP contribution in [0.5, 0.6) is 0 Å². The number of rotatable bonds is 9. The van der Waals surface area contributed by atoms with E-state index < -0.39 is 0 Å². The van der Waals surface area contributed by atoms with Gasteiger partial charge in [0.25, 0.3) is 0 Å². The zero-order valence-electron chi connectivity index (χ0n) is 20.0. The van der Waals surface area contributed by atoms with E-state index in [0.29, 0.717) is 0 Å². The first-order valence-corrected chi connectivity index (χ1v) is 11.8. The zero-order chi connectivity index (χ0) is 22.8. The number of benzene rings is 1. The van der Waals surface area contributed by atoms with Gasteiger partial charge in [-0.05, 0) is 36.9 Å². The second-order valence-electron chi connectivity index (χ2n) is 8.79. The molecule has 0 spiro atoms. The molecule has 8 heteroatoms. The second-order valence-corrected chi connectivity index (χ2v) is 8.79. The van der Waals surface area contributed by atoms with E-state index in [0.717, 1.165) is 84.2 Å². The molecule has 2 N–H and O–H groups in total. The van der Waals surface area contributed by atoms with Gasteiger partial charge in [0.2, 0.25) is 5.91 Å². The van der Waals surface area contributed by atoms with Crippen LogP contribution in [0, 0.1) is 0 Å². The van der Waals surface area contributed by atoms with Crippen LogP contribution in [0.3, 0.4) is 0 Å². The molecule has 1 unspecified atom stereocenters. The molecule has 1 aromatic rings. The van der Waals surface area contributed by atoms with Crippen LogP contribution in [0.2, 0.25) is 0 Å². The van der Waals surface area contributed by atoms with E-state index in [2.05, 4.69) is 49.7 Å². The summed E-state index contributed by atoms with van der Waals surface area (Å²) in [6.07, 6.45) is 3.05. The van der Waals surface area contributed by atoms with E-state index in [4.69, 9.17) is 4.74 Å². The van der Waals surface area contributed by atoms with Gasteiger partial charge < -0.3 is 20.3 Å². The van der Waals surface area contributed by atoms with Gasteiger partial charge in [-0.1, -0.05) is 24.3 Å². The molecule has 2 fully saturated rings. The molecule has 8 nitrogen and oxygen atoms in total. The number of likely N-dealkylation sites (tertiary alicyclic amines) is 1. The van der Waals surface area contributed by atoms with Crippen LogP contribution in [-0.4, -0.2) is 99.7 Å². The van der Waals surface area contributed by atoms with Gasteiger partial charge in [0, 0.05) is 60.4 Å². The maximum atomic E-state index is 12.3. The Balaban J connectivity index is 1.41. The lowest BCUT2D eigenvalue weighted by molar-refractivity contribution is -0.133. The number of amides is 1. The highest BCUT2D eigenvalue weighted by atomic mass is 16.5. The normalized spacial score (nSPS) is 20.3. The van der Waals surface area contributed by atoms with Gasteiger partial charge in [-0.25, -0.2) is 0 Å². The Morgan fingerprint density at radius 1 is 1.16 bits per heavy atom. The Morgan fingerprint density at radius 3 is 2.62 bits per heavy atom. The van der Waals surface area contributed by atoms with Gasteiger partial charge in [0.1, 0.15) is 0 Å². The standard InChI is InChI=1S/C24H40N6O2/c1-25-24(26-11-7-13-30-12-6-10-22(30)23(31)28(2)3)27-18-20-8-4-5-9-21(20)19-29-14-16-32-17-15-29/h4-5,8-9,22H,6-7,10-19H2,1-3H3,(H2,25,26,27). The Bertz CT molecular complexity index is 748. The van der Waals surface area contributed by atoms with E-state index in [1.54, 1.807) is 11.9 Å². The van der Waals surface area contributed by atoms with Crippen LogP contribution >= 0.6 is 0 Å². The van der Waals surface area contributed by atoms with Gasteiger partial charge in [-0.15, -0.1) is 0 Å². The number of nitrogens with one attached hydrogen (secondary N) is 2. The van der Waals surface area contributed by atoms with Crippen LogP contribution in [0.4, 0.5) is 0 Å². The average Bonchev–Trinajstić information content (AvgIpc) is 3.28. The number of guanidine groups is 1. The van der Waals surface area contributed by atoms with Crippen LogP contribution in [0.15, 0.2) is 29.3 Å². The van der Waals surface area contributed by atoms with E-state index in [9.17, 15) is 4.79 Å². The Kier molecular flexibility index (Phi) is 9.77. The van der Waals surface area contributed by atoms with Gasteiger partial charge in [0.05, 0.1) is 19.3 Å². The number of nitrogens with zero attached hydrogens (tertiary/aromatic N) is 4. The smallest absolute Gasteiger partial charge is 0.239 e. The molecular weight excluding hydrogens is 404 g/mol. The molecule has 1 amide bonds. The summed E-state index contributed by atoms with van der Waals surface area (Å²) < 4.78 is 5.47. The lowest BCUT2D eigenvalue weighted by Crippen LogP contribution is -2.44. The van der Waals surface area contributed by atoms with Crippen LogP contribution < -0.4 is 10.6 Å². The van der Waals surface area contributed by atoms with E-state index in [-0.39, 0.29) is 11.9 Å². The Hall–Kier alpha value is -2.16. The van der Waals surface area contributed by atoms with Gasteiger partial charge in [-0.2, -0.15) is 0 Å². The molecule has 2 heterocycles. The number of aliphatic imine (C=N–C) groups is 1. The highest BCUT2D eigenvalue weighted by Gasteiger charge is 2.30. The summed E-state index contributed by atoms with van der Waals surface area (Å²) in [5.74, 6) is 1.04. The summed E-state index contributed by atoms with van der Waals surface area (Å²) in [5.41, 5.74) is 2.65. The predicted molar refractivity (Wildman–Crippen MR) is 129 cm³/mol. The van der Waals surface area contributed by atoms with Crippen molar-refractivity contribution in [2.45, 2.75) is 38.4 Å². The van der Waals surface area contributed by atoms with E-state index >= 15 is 0 Å². The first-order valence-electron chi connectivity index (χ1n) is 11.8. The third kappa shape index (κ3) is 7.18. The SMILES string of the molecule is CN=C(NCCCN1CCCC1C(=O)N(C)C)NCc1ccccc1CN1CCOCC1. The van der Waals surface area contributed by atoms with Gasteiger partial charge in [-0.3, -0.25) is 19.6 Å². The summed E-state index contributed by atoms with van der Waals surface area (Å²) >= 11 is 0. The van der Waals surface area contributed by atoms with Crippen molar-refractivity contribution < 1.29 is 9.53 Å². The molecule has 1 aromatic carbocycles. The van der Waals surface area contributed by atoms with Crippen molar-refractivity contribution in [1.29, 1.82) is 0 Å². The van der Waals surface area contributed by atoms with Crippen LogP contribution in [0.25, 0.3) is 0 Å². The monoisotopic (exact) mass is 444 g/mol. The van der Waals surface area contributed by atoms with Crippen molar-refractivity contribution in [1.82, 2.24) is 25.3 Å². The molecule has 2 aliphatic rings. The topological polar surface area (TPSA) is 72.4 Å². The summed E-state index contributed by atoms with van der Waals surface area (Å²) in [6, 6.07) is 8.65. The summed E-state index contributed by atoms with van der Waals surface area (Å²) in [6.45, 7) is 8.08. The minimum absolute atomic E-state index is 0.0467. The number of ether oxygens (including phenoxy) is 1. The van der Waals surface area contributed by atoms with Crippen molar-refractivity contribution in [3.05, 3.63) is 35.4 Å². The second kappa shape index (κ2) is 12.8. The zero-order valence-corrected chi connectivity index (χ0v) is 20.0. The number of hydrogen-bond donors (Lipinski definition) is 2. The van der Waals surface area contributed by atoms with E-state index in [1.165, 1.54) is 11.1 Å². The number of carbonyl (C=O) groups excluding carboxylic acids is 1. The minimum Gasteiger partial charge on any atom is -0.379 e. The molecule has 0 aliphatic carbocycles.